The third-order valence-electron chi connectivity index (χ3n) is 4.70. The lowest BCUT2D eigenvalue weighted by Gasteiger charge is -2.16. The highest BCUT2D eigenvalue weighted by Gasteiger charge is 2.12. The fraction of sp³-hybridized carbons (Fsp3) is 0.364. The van der Waals surface area contributed by atoms with Gasteiger partial charge in [0.25, 0.3) is 0 Å². The lowest BCUT2D eigenvalue weighted by molar-refractivity contribution is 0.357. The Kier molecular flexibility index (Phi) is 8.08. The molecule has 0 radical (unpaired) electrons. The fourth-order valence-corrected chi connectivity index (χ4v) is 2.98. The van der Waals surface area contributed by atoms with Crippen LogP contribution in [0.1, 0.15) is 29.2 Å². The Balaban J connectivity index is 2.12. The Labute approximate surface area is 173 Å². The number of methoxy groups -OCH3 is 1. The smallest absolute Gasteiger partial charge is 0.414 e. The minimum absolute atomic E-state index is 0.0949. The number of amidine groups is 1. The lowest BCUT2D eigenvalue weighted by Crippen LogP contribution is -2.20. The van der Waals surface area contributed by atoms with E-state index in [0.29, 0.717) is 11.3 Å². The van der Waals surface area contributed by atoms with Crippen molar-refractivity contribution in [3.63, 3.8) is 0 Å². The number of aliphatic imine (C=N–C) groups is 1. The lowest BCUT2D eigenvalue weighted by atomic mass is 10.0. The van der Waals surface area contributed by atoms with Gasteiger partial charge in [0.05, 0.1) is 19.7 Å². The minimum Gasteiger partial charge on any atom is -0.497 e. The van der Waals surface area contributed by atoms with E-state index in [1.807, 2.05) is 31.2 Å². The van der Waals surface area contributed by atoms with Crippen molar-refractivity contribution in [2.75, 3.05) is 27.2 Å². The van der Waals surface area contributed by atoms with Gasteiger partial charge in [-0.1, -0.05) is 25.1 Å². The third kappa shape index (κ3) is 6.11. The van der Waals surface area contributed by atoms with E-state index in [1.165, 1.54) is 11.1 Å². The van der Waals surface area contributed by atoms with Crippen molar-refractivity contribution in [1.82, 2.24) is 4.90 Å². The molecule has 0 aliphatic heterocycles. The third-order valence-corrected chi connectivity index (χ3v) is 4.91. The van der Waals surface area contributed by atoms with Gasteiger partial charge < -0.3 is 14.4 Å². The van der Waals surface area contributed by atoms with Crippen LogP contribution in [0.15, 0.2) is 41.4 Å². The molecule has 0 bridgehead atoms. The summed E-state index contributed by atoms with van der Waals surface area (Å²) in [6, 6.07) is 11.4. The molecule has 0 aliphatic carbocycles. The molecule has 0 unspecified atom stereocenters. The van der Waals surface area contributed by atoms with Crippen LogP contribution in [0.5, 0.6) is 11.5 Å². The molecular formula is C22H30N3O2S+. The number of rotatable bonds is 7. The number of nitrogens with one attached hydrogen (secondary N) is 1. The number of benzene rings is 2. The van der Waals surface area contributed by atoms with Crippen molar-refractivity contribution in [2.45, 2.75) is 27.2 Å². The van der Waals surface area contributed by atoms with Crippen LogP contribution in [-0.2, 0) is 19.0 Å². The van der Waals surface area contributed by atoms with Crippen LogP contribution in [0.3, 0.4) is 0 Å². The molecule has 0 spiro atoms. The van der Waals surface area contributed by atoms with Crippen molar-refractivity contribution in [3.05, 3.63) is 58.7 Å². The Morgan fingerprint density at radius 1 is 1.18 bits per heavy atom. The second kappa shape index (κ2) is 10.3. The number of hydrogen-bond acceptors (Lipinski definition) is 4. The topological polar surface area (TPSA) is 57.9 Å². The Bertz CT molecular complexity index is 865. The Hall–Kier alpha value is -2.31. The van der Waals surface area contributed by atoms with Crippen molar-refractivity contribution in [3.8, 4) is 11.5 Å². The second-order valence-electron chi connectivity index (χ2n) is 6.79. The zero-order valence-electron chi connectivity index (χ0n) is 17.3. The van der Waals surface area contributed by atoms with E-state index in [1.54, 1.807) is 13.2 Å². The summed E-state index contributed by atoms with van der Waals surface area (Å²) in [5, 5.41) is 8.43. The molecule has 28 heavy (non-hydrogen) atoms. The van der Waals surface area contributed by atoms with E-state index in [9.17, 15) is 0 Å². The molecule has 2 aromatic carbocycles. The van der Waals surface area contributed by atoms with Gasteiger partial charge in [0.1, 0.15) is 11.5 Å². The first-order valence-electron chi connectivity index (χ1n) is 9.33. The van der Waals surface area contributed by atoms with Crippen LogP contribution in [0.2, 0.25) is 0 Å². The highest BCUT2D eigenvalue weighted by atomic mass is 32.1. The van der Waals surface area contributed by atoms with Gasteiger partial charge in [0.15, 0.2) is 5.84 Å². The molecule has 0 aliphatic rings. The van der Waals surface area contributed by atoms with Gasteiger partial charge in [-0.3, -0.25) is 5.41 Å². The Morgan fingerprint density at radius 2 is 1.93 bits per heavy atom. The minimum atomic E-state index is 0.0949. The summed E-state index contributed by atoms with van der Waals surface area (Å²) in [5.41, 5.74) is 4.20. The maximum Gasteiger partial charge on any atom is 0.414 e. The molecule has 0 fully saturated rings. The molecule has 0 saturated carbocycles. The second-order valence-corrected chi connectivity index (χ2v) is 7.22. The fourth-order valence-electron chi connectivity index (χ4n) is 2.76. The van der Waals surface area contributed by atoms with Gasteiger partial charge >= 0.3 is 5.23 Å². The van der Waals surface area contributed by atoms with Crippen LogP contribution in [0.25, 0.3) is 0 Å². The number of aryl methyl sites for hydroxylation is 2. The summed E-state index contributed by atoms with van der Waals surface area (Å²) in [6.07, 6.45) is 1.01. The first kappa shape index (κ1) is 22.0. The molecule has 1 N–H and O–H groups in total. The van der Waals surface area contributed by atoms with E-state index < -0.39 is 0 Å². The maximum atomic E-state index is 8.18. The molecule has 2 aromatic rings. The summed E-state index contributed by atoms with van der Waals surface area (Å²) in [4.78, 5) is 6.51. The molecule has 0 amide bonds. The molecule has 6 heteroatoms. The molecule has 0 aromatic heterocycles. The molecule has 0 saturated heterocycles. The van der Waals surface area contributed by atoms with Crippen LogP contribution < -0.4 is 9.47 Å². The number of nitrogens with zero attached hydrogens (tertiary/aromatic N) is 2. The van der Waals surface area contributed by atoms with E-state index in [4.69, 9.17) is 14.9 Å². The maximum absolute atomic E-state index is 8.18. The summed E-state index contributed by atoms with van der Waals surface area (Å²) in [7, 11) is 3.73. The van der Waals surface area contributed by atoms with Crippen molar-refractivity contribution in [2.24, 2.45) is 4.99 Å². The van der Waals surface area contributed by atoms with E-state index in [0.717, 1.165) is 30.8 Å². The summed E-state index contributed by atoms with van der Waals surface area (Å²) in [6.45, 7) is 8.35. The van der Waals surface area contributed by atoms with Crippen LogP contribution in [0.4, 0.5) is 0 Å². The van der Waals surface area contributed by atoms with Crippen molar-refractivity contribution >= 4 is 23.7 Å². The van der Waals surface area contributed by atoms with Gasteiger partial charge in [-0.25, -0.2) is 0 Å². The van der Waals surface area contributed by atoms with Gasteiger partial charge in [-0.05, 0) is 68.8 Å². The van der Waals surface area contributed by atoms with Gasteiger partial charge in [-0.2, -0.15) is 0 Å². The number of hydrogen-bond donors (Lipinski definition) is 1. The molecule has 150 valence electrons. The Morgan fingerprint density at radius 3 is 2.61 bits per heavy atom. The van der Waals surface area contributed by atoms with Gasteiger partial charge in [-0.15, -0.1) is 4.99 Å². The molecule has 0 atom stereocenters. The molecule has 0 heterocycles. The first-order valence-corrected chi connectivity index (χ1v) is 9.83. The van der Waals surface area contributed by atoms with Gasteiger partial charge in [0.2, 0.25) is 0 Å². The average molecular weight is 401 g/mol. The highest BCUT2D eigenvalue weighted by Crippen LogP contribution is 2.24. The predicted molar refractivity (Wildman–Crippen MR) is 121 cm³/mol. The zero-order valence-corrected chi connectivity index (χ0v) is 18.3. The van der Waals surface area contributed by atoms with E-state index in [2.05, 4.69) is 49.5 Å². The molecule has 2 rings (SSSR count). The zero-order chi connectivity index (χ0) is 20.7. The molecule has 5 nitrogen and oxygen atoms in total. The largest absolute Gasteiger partial charge is 0.497 e. The molecular weight excluding hydrogens is 370 g/mol. The normalized spacial score (nSPS) is 11.6. The standard InChI is InChI=1S/C22H29N3O2S/c1-6-25(4)11-10-17-12-16(3)20(13-15(17)2)27-22(28)24-21(23)18-8-7-9-19(14-18)26-5/h7-9,12-14H,6,10-11H2,1-5H3,(H2,23,24,28)/p+1. The van der Waals surface area contributed by atoms with Gasteiger partial charge in [0, 0.05) is 12.1 Å². The SMILES string of the molecule is CCN(C)CCc1cc(C)c(OC([SH2+])=NC(=N)c2cccc(OC)c2)cc1C. The average Bonchev–Trinajstić information content (AvgIpc) is 2.69. The summed E-state index contributed by atoms with van der Waals surface area (Å²) in [5.74, 6) is 1.51. The quantitative estimate of drug-likeness (QED) is 0.439. The highest BCUT2D eigenvalue weighted by molar-refractivity contribution is 7.77. The first-order chi connectivity index (χ1) is 13.3. The van der Waals surface area contributed by atoms with Crippen LogP contribution in [0, 0.1) is 19.3 Å². The van der Waals surface area contributed by atoms with Crippen molar-refractivity contribution in [1.29, 1.82) is 5.41 Å². The van der Waals surface area contributed by atoms with Crippen LogP contribution >= 0.6 is 0 Å². The monoisotopic (exact) mass is 400 g/mol. The number of ether oxygens (including phenoxy) is 2. The van der Waals surface area contributed by atoms with E-state index in [-0.39, 0.29) is 11.1 Å². The predicted octanol–water partition coefficient (Wildman–Crippen LogP) is 3.58. The summed E-state index contributed by atoms with van der Waals surface area (Å²) < 4.78 is 11.1. The number of likely N-dealkylation sites (N-methyl/N-ethyl adjacent to an activating group) is 1. The summed E-state index contributed by atoms with van der Waals surface area (Å²) >= 11 is 3.39. The van der Waals surface area contributed by atoms with Crippen molar-refractivity contribution < 1.29 is 9.47 Å². The van der Waals surface area contributed by atoms with E-state index >= 15 is 0 Å². The van der Waals surface area contributed by atoms with Crippen LogP contribution in [-0.4, -0.2) is 43.2 Å².